The molecule has 2 atom stereocenters. The van der Waals surface area contributed by atoms with Crippen LogP contribution in [0.3, 0.4) is 0 Å². The molecule has 4 heteroatoms. The molecule has 0 radical (unpaired) electrons. The third-order valence-electron chi connectivity index (χ3n) is 3.36. The van der Waals surface area contributed by atoms with Crippen molar-refractivity contribution in [1.82, 2.24) is 20.6 Å². The molecule has 0 aromatic carbocycles. The van der Waals surface area contributed by atoms with Crippen molar-refractivity contribution < 1.29 is 0 Å². The van der Waals surface area contributed by atoms with Crippen molar-refractivity contribution in [3.05, 3.63) is 17.7 Å². The van der Waals surface area contributed by atoms with Crippen LogP contribution in [0.15, 0.2) is 6.33 Å². The number of nitrogens with one attached hydrogen (secondary N) is 3. The predicted octanol–water partition coefficient (Wildman–Crippen LogP) is 0.132. The standard InChI is InChI=1S/C10H16N4/c1-7-4-8-9(13-6-12-8)10(14-7)2-3-11-5-10/h6-7,11,14H,2-5H2,1H3,(H,12,13). The predicted molar refractivity (Wildman–Crippen MR) is 54.1 cm³/mol. The normalized spacial score (nSPS) is 36.2. The van der Waals surface area contributed by atoms with Crippen LogP contribution in [0.2, 0.25) is 0 Å². The first kappa shape index (κ1) is 8.44. The molecule has 2 aliphatic rings. The fourth-order valence-electron chi connectivity index (χ4n) is 2.80. The number of fused-ring (bicyclic) bond motifs is 2. The van der Waals surface area contributed by atoms with Gasteiger partial charge in [0, 0.05) is 24.7 Å². The largest absolute Gasteiger partial charge is 0.348 e. The molecule has 2 unspecified atom stereocenters. The topological polar surface area (TPSA) is 52.7 Å². The maximum Gasteiger partial charge on any atom is 0.0926 e. The van der Waals surface area contributed by atoms with Crippen LogP contribution >= 0.6 is 0 Å². The van der Waals surface area contributed by atoms with Gasteiger partial charge in [0.05, 0.1) is 17.6 Å². The second-order valence-corrected chi connectivity index (χ2v) is 4.49. The van der Waals surface area contributed by atoms with Crippen molar-refractivity contribution in [2.24, 2.45) is 0 Å². The molecule has 3 heterocycles. The smallest absolute Gasteiger partial charge is 0.0926 e. The Bertz CT molecular complexity index is 338. The molecule has 1 spiro atoms. The molecule has 3 rings (SSSR count). The number of aromatic amines is 1. The first-order valence-corrected chi connectivity index (χ1v) is 5.31. The van der Waals surface area contributed by atoms with E-state index in [0.717, 1.165) is 25.9 Å². The van der Waals surface area contributed by atoms with Crippen molar-refractivity contribution >= 4 is 0 Å². The van der Waals surface area contributed by atoms with Gasteiger partial charge in [0.2, 0.25) is 0 Å². The zero-order chi connectivity index (χ0) is 9.60. The van der Waals surface area contributed by atoms with E-state index in [-0.39, 0.29) is 5.54 Å². The molecule has 1 fully saturated rings. The molecule has 4 nitrogen and oxygen atoms in total. The molecule has 1 aromatic heterocycles. The molecule has 2 aliphatic heterocycles. The van der Waals surface area contributed by atoms with Crippen LogP contribution in [0.1, 0.15) is 24.7 Å². The zero-order valence-corrected chi connectivity index (χ0v) is 8.43. The van der Waals surface area contributed by atoms with Gasteiger partial charge in [-0.15, -0.1) is 0 Å². The summed E-state index contributed by atoms with van der Waals surface area (Å²) < 4.78 is 0. The summed E-state index contributed by atoms with van der Waals surface area (Å²) in [5, 5.41) is 7.11. The summed E-state index contributed by atoms with van der Waals surface area (Å²) in [5.74, 6) is 0. The van der Waals surface area contributed by atoms with E-state index in [2.05, 4.69) is 27.5 Å². The number of imidazole rings is 1. The maximum atomic E-state index is 4.47. The Hall–Kier alpha value is -0.870. The summed E-state index contributed by atoms with van der Waals surface area (Å²) in [6.07, 6.45) is 4.04. The number of hydrogen-bond acceptors (Lipinski definition) is 3. The van der Waals surface area contributed by atoms with Crippen LogP contribution in [0.5, 0.6) is 0 Å². The van der Waals surface area contributed by atoms with E-state index in [4.69, 9.17) is 0 Å². The van der Waals surface area contributed by atoms with Crippen molar-refractivity contribution in [3.8, 4) is 0 Å². The van der Waals surface area contributed by atoms with Gasteiger partial charge in [0.1, 0.15) is 0 Å². The van der Waals surface area contributed by atoms with E-state index in [1.54, 1.807) is 0 Å². The Morgan fingerprint density at radius 2 is 2.50 bits per heavy atom. The van der Waals surface area contributed by atoms with Gasteiger partial charge in [-0.2, -0.15) is 0 Å². The zero-order valence-electron chi connectivity index (χ0n) is 8.43. The van der Waals surface area contributed by atoms with Crippen LogP contribution in [0, 0.1) is 0 Å². The number of H-pyrrole nitrogens is 1. The average molecular weight is 192 g/mol. The van der Waals surface area contributed by atoms with Crippen molar-refractivity contribution in [1.29, 1.82) is 0 Å². The van der Waals surface area contributed by atoms with Crippen molar-refractivity contribution in [2.75, 3.05) is 13.1 Å². The number of nitrogens with zero attached hydrogens (tertiary/aromatic N) is 1. The molecule has 0 saturated carbocycles. The minimum Gasteiger partial charge on any atom is -0.348 e. The van der Waals surface area contributed by atoms with E-state index in [9.17, 15) is 0 Å². The fraction of sp³-hybridized carbons (Fsp3) is 0.700. The lowest BCUT2D eigenvalue weighted by Crippen LogP contribution is -2.53. The lowest BCUT2D eigenvalue weighted by Gasteiger charge is -2.36. The van der Waals surface area contributed by atoms with E-state index in [0.29, 0.717) is 6.04 Å². The Morgan fingerprint density at radius 3 is 3.29 bits per heavy atom. The molecule has 1 saturated heterocycles. The highest BCUT2D eigenvalue weighted by Crippen LogP contribution is 2.32. The van der Waals surface area contributed by atoms with Crippen LogP contribution in [-0.4, -0.2) is 29.1 Å². The molecule has 3 N–H and O–H groups in total. The van der Waals surface area contributed by atoms with Crippen LogP contribution in [0.25, 0.3) is 0 Å². The Labute approximate surface area is 83.5 Å². The van der Waals surface area contributed by atoms with Gasteiger partial charge in [-0.25, -0.2) is 4.98 Å². The number of aromatic nitrogens is 2. The highest BCUT2D eigenvalue weighted by atomic mass is 15.1. The monoisotopic (exact) mass is 192 g/mol. The fourth-order valence-corrected chi connectivity index (χ4v) is 2.80. The van der Waals surface area contributed by atoms with Gasteiger partial charge in [-0.1, -0.05) is 0 Å². The Morgan fingerprint density at radius 1 is 1.57 bits per heavy atom. The molecule has 14 heavy (non-hydrogen) atoms. The van der Waals surface area contributed by atoms with Crippen LogP contribution in [0.4, 0.5) is 0 Å². The second-order valence-electron chi connectivity index (χ2n) is 4.49. The third-order valence-corrected chi connectivity index (χ3v) is 3.36. The van der Waals surface area contributed by atoms with E-state index in [1.165, 1.54) is 11.4 Å². The molecule has 0 amide bonds. The molecule has 0 aliphatic carbocycles. The van der Waals surface area contributed by atoms with Gasteiger partial charge >= 0.3 is 0 Å². The van der Waals surface area contributed by atoms with Gasteiger partial charge in [-0.05, 0) is 19.9 Å². The minimum absolute atomic E-state index is 0.104. The lowest BCUT2D eigenvalue weighted by atomic mass is 9.86. The highest BCUT2D eigenvalue weighted by Gasteiger charge is 2.42. The van der Waals surface area contributed by atoms with Gasteiger partial charge in [-0.3, -0.25) is 0 Å². The quantitative estimate of drug-likeness (QED) is 0.548. The van der Waals surface area contributed by atoms with Crippen molar-refractivity contribution in [2.45, 2.75) is 31.3 Å². The number of rotatable bonds is 0. The summed E-state index contributed by atoms with van der Waals surface area (Å²) in [5.41, 5.74) is 2.66. The summed E-state index contributed by atoms with van der Waals surface area (Å²) >= 11 is 0. The third kappa shape index (κ3) is 1.04. The van der Waals surface area contributed by atoms with E-state index >= 15 is 0 Å². The van der Waals surface area contributed by atoms with E-state index < -0.39 is 0 Å². The summed E-state index contributed by atoms with van der Waals surface area (Å²) in [6.45, 7) is 4.34. The summed E-state index contributed by atoms with van der Waals surface area (Å²) in [4.78, 5) is 7.73. The molecule has 76 valence electrons. The van der Waals surface area contributed by atoms with Crippen molar-refractivity contribution in [3.63, 3.8) is 0 Å². The molecule has 0 bridgehead atoms. The minimum atomic E-state index is 0.104. The van der Waals surface area contributed by atoms with Gasteiger partial charge in [0.25, 0.3) is 0 Å². The van der Waals surface area contributed by atoms with Crippen LogP contribution in [-0.2, 0) is 12.0 Å². The lowest BCUT2D eigenvalue weighted by molar-refractivity contribution is 0.289. The summed E-state index contributed by atoms with van der Waals surface area (Å²) in [6, 6.07) is 0.544. The second kappa shape index (κ2) is 2.81. The highest BCUT2D eigenvalue weighted by molar-refractivity contribution is 5.28. The van der Waals surface area contributed by atoms with E-state index in [1.807, 2.05) is 6.33 Å². The maximum absolute atomic E-state index is 4.47. The molecular weight excluding hydrogens is 176 g/mol. The summed E-state index contributed by atoms with van der Waals surface area (Å²) in [7, 11) is 0. The van der Waals surface area contributed by atoms with Crippen LogP contribution < -0.4 is 10.6 Å². The Kier molecular flexibility index (Phi) is 1.69. The van der Waals surface area contributed by atoms with Gasteiger partial charge < -0.3 is 15.6 Å². The first-order valence-electron chi connectivity index (χ1n) is 5.31. The van der Waals surface area contributed by atoms with Gasteiger partial charge in [0.15, 0.2) is 0 Å². The average Bonchev–Trinajstić information content (AvgIpc) is 2.73. The first-order chi connectivity index (χ1) is 6.80. The SMILES string of the molecule is CC1Cc2[nH]cnc2C2(CCNC2)N1. The number of hydrogen-bond donors (Lipinski definition) is 3. The Balaban J connectivity index is 2.07. The molecule has 1 aromatic rings. The molecular formula is C10H16N4.